The average molecular weight is 297 g/mol. The van der Waals surface area contributed by atoms with Crippen LogP contribution in [0, 0.1) is 17.8 Å². The van der Waals surface area contributed by atoms with Crippen LogP contribution in [0.4, 0.5) is 0 Å². The zero-order chi connectivity index (χ0) is 13.1. The molecule has 3 rings (SSSR count). The van der Waals surface area contributed by atoms with Crippen LogP contribution in [0.2, 0.25) is 0 Å². The van der Waals surface area contributed by atoms with Gasteiger partial charge in [0, 0.05) is 4.24 Å². The molecule has 0 aromatic carbocycles. The van der Waals surface area contributed by atoms with Gasteiger partial charge < -0.3 is 0 Å². The quantitative estimate of drug-likeness (QED) is 0.574. The zero-order valence-electron chi connectivity index (χ0n) is 12.3. The highest BCUT2D eigenvalue weighted by Gasteiger charge is 2.29. The van der Waals surface area contributed by atoms with E-state index in [2.05, 4.69) is 30.4 Å². The summed E-state index contributed by atoms with van der Waals surface area (Å²) < 4.78 is 1.72. The van der Waals surface area contributed by atoms with Crippen LogP contribution in [-0.4, -0.2) is 11.5 Å². The predicted octanol–water partition coefficient (Wildman–Crippen LogP) is 6.08. The molecule has 0 amide bonds. The molecule has 19 heavy (non-hydrogen) atoms. The summed E-state index contributed by atoms with van der Waals surface area (Å²) in [6, 6.07) is 0. The van der Waals surface area contributed by atoms with Crippen molar-refractivity contribution in [1.29, 1.82) is 0 Å². The Balaban J connectivity index is 1.51. The van der Waals surface area contributed by atoms with Gasteiger partial charge in [0.05, 0.1) is 0 Å². The second-order valence-corrected chi connectivity index (χ2v) is 9.27. The maximum atomic E-state index is 2.44. The van der Waals surface area contributed by atoms with Gasteiger partial charge in [0.1, 0.15) is 0 Å². The largest absolute Gasteiger partial charge is 0.119 e. The summed E-state index contributed by atoms with van der Waals surface area (Å²) in [5, 5.41) is 0. The first kappa shape index (κ1) is 14.4. The van der Waals surface area contributed by atoms with E-state index in [1.807, 2.05) is 5.57 Å². The Labute approximate surface area is 127 Å². The number of hydrogen-bond acceptors (Lipinski definition) is 2. The van der Waals surface area contributed by atoms with Crippen LogP contribution >= 0.6 is 23.5 Å². The highest BCUT2D eigenvalue weighted by molar-refractivity contribution is 8.22. The van der Waals surface area contributed by atoms with Crippen LogP contribution in [-0.2, 0) is 0 Å². The van der Waals surface area contributed by atoms with Gasteiger partial charge in [-0.3, -0.25) is 0 Å². The smallest absolute Gasteiger partial charge is 0.0392 e. The Morgan fingerprint density at radius 3 is 2.00 bits per heavy atom. The Morgan fingerprint density at radius 1 is 0.789 bits per heavy atom. The minimum absolute atomic E-state index is 1.01. The minimum Gasteiger partial charge on any atom is -0.119 e. The third kappa shape index (κ3) is 3.75. The van der Waals surface area contributed by atoms with E-state index in [0.717, 1.165) is 17.8 Å². The van der Waals surface area contributed by atoms with Crippen molar-refractivity contribution in [3.8, 4) is 0 Å². The zero-order valence-corrected chi connectivity index (χ0v) is 14.0. The fraction of sp³-hybridized carbons (Fsp3) is 0.882. The summed E-state index contributed by atoms with van der Waals surface area (Å²) in [5.41, 5.74) is 1.83. The van der Waals surface area contributed by atoms with Gasteiger partial charge in [-0.25, -0.2) is 0 Å². The molecule has 1 saturated heterocycles. The highest BCUT2D eigenvalue weighted by atomic mass is 32.2. The lowest BCUT2D eigenvalue weighted by Crippen LogP contribution is -2.23. The molecule has 2 heteroatoms. The standard InChI is InChI=1S/C17H28S2/c1-13-3-5-14(6-4-13)15-7-9-16(10-8-15)17-18-11-2-12-19-17/h13-15H,2-12H2,1H3. The molecule has 1 aliphatic heterocycles. The second kappa shape index (κ2) is 6.93. The molecule has 3 fully saturated rings. The van der Waals surface area contributed by atoms with Crippen LogP contribution in [0.1, 0.15) is 64.7 Å². The lowest BCUT2D eigenvalue weighted by molar-refractivity contribution is 0.185. The Morgan fingerprint density at radius 2 is 1.37 bits per heavy atom. The SMILES string of the molecule is CC1CCC(C2CCC(=C3SCCCS3)CC2)CC1. The molecule has 0 atom stereocenters. The van der Waals surface area contributed by atoms with Gasteiger partial charge >= 0.3 is 0 Å². The van der Waals surface area contributed by atoms with Crippen LogP contribution in [0.3, 0.4) is 0 Å². The molecule has 0 N–H and O–H groups in total. The molecule has 0 aromatic heterocycles. The van der Waals surface area contributed by atoms with Crippen molar-refractivity contribution in [1.82, 2.24) is 0 Å². The summed E-state index contributed by atoms with van der Waals surface area (Å²) in [7, 11) is 0. The summed E-state index contributed by atoms with van der Waals surface area (Å²) in [4.78, 5) is 0. The summed E-state index contributed by atoms with van der Waals surface area (Å²) >= 11 is 4.30. The van der Waals surface area contributed by atoms with Gasteiger partial charge in [0.25, 0.3) is 0 Å². The van der Waals surface area contributed by atoms with Gasteiger partial charge in [-0.05, 0) is 74.2 Å². The first-order valence-corrected chi connectivity index (χ1v) is 10.3. The van der Waals surface area contributed by atoms with E-state index >= 15 is 0 Å². The fourth-order valence-electron chi connectivity index (χ4n) is 4.06. The molecule has 2 saturated carbocycles. The molecule has 0 radical (unpaired) electrons. The summed E-state index contributed by atoms with van der Waals surface area (Å²) in [6.45, 7) is 2.44. The number of thioether (sulfide) groups is 2. The molecule has 0 unspecified atom stereocenters. The van der Waals surface area contributed by atoms with Gasteiger partial charge in [0.2, 0.25) is 0 Å². The minimum atomic E-state index is 1.01. The summed E-state index contributed by atoms with van der Waals surface area (Å²) in [5.74, 6) is 5.89. The Bertz CT molecular complexity index is 308. The molecule has 3 aliphatic rings. The van der Waals surface area contributed by atoms with E-state index in [4.69, 9.17) is 0 Å². The van der Waals surface area contributed by atoms with Crippen LogP contribution in [0.15, 0.2) is 9.81 Å². The van der Waals surface area contributed by atoms with Crippen molar-refractivity contribution in [2.75, 3.05) is 11.5 Å². The normalized spacial score (nSPS) is 37.4. The lowest BCUT2D eigenvalue weighted by Gasteiger charge is -2.36. The van der Waals surface area contributed by atoms with Crippen molar-refractivity contribution in [3.05, 3.63) is 9.81 Å². The summed E-state index contributed by atoms with van der Waals surface area (Å²) in [6.07, 6.45) is 13.3. The van der Waals surface area contributed by atoms with Gasteiger partial charge in [-0.15, -0.1) is 23.5 Å². The van der Waals surface area contributed by atoms with E-state index in [0.29, 0.717) is 0 Å². The van der Waals surface area contributed by atoms with Crippen molar-refractivity contribution < 1.29 is 0 Å². The molecule has 108 valence electrons. The molecule has 1 heterocycles. The van der Waals surface area contributed by atoms with Crippen molar-refractivity contribution in [2.24, 2.45) is 17.8 Å². The topological polar surface area (TPSA) is 0 Å². The average Bonchev–Trinajstić information content (AvgIpc) is 2.49. The number of rotatable bonds is 1. The second-order valence-electron chi connectivity index (χ2n) is 6.80. The maximum absolute atomic E-state index is 2.44. The molecule has 0 bridgehead atoms. The molecule has 0 nitrogen and oxygen atoms in total. The number of hydrogen-bond donors (Lipinski definition) is 0. The van der Waals surface area contributed by atoms with Crippen molar-refractivity contribution >= 4 is 23.5 Å². The van der Waals surface area contributed by atoms with Crippen LogP contribution in [0.25, 0.3) is 0 Å². The maximum Gasteiger partial charge on any atom is 0.0392 e. The van der Waals surface area contributed by atoms with Crippen LogP contribution < -0.4 is 0 Å². The third-order valence-corrected chi connectivity index (χ3v) is 8.20. The van der Waals surface area contributed by atoms with Gasteiger partial charge in [-0.2, -0.15) is 0 Å². The van der Waals surface area contributed by atoms with E-state index < -0.39 is 0 Å². The Hall–Kier alpha value is 0.440. The molecular formula is C17H28S2. The first-order valence-electron chi connectivity index (χ1n) is 8.30. The Kier molecular flexibility index (Phi) is 5.25. The van der Waals surface area contributed by atoms with Crippen LogP contribution in [0.5, 0.6) is 0 Å². The molecule has 2 aliphatic carbocycles. The predicted molar refractivity (Wildman–Crippen MR) is 89.6 cm³/mol. The van der Waals surface area contributed by atoms with E-state index in [-0.39, 0.29) is 0 Å². The number of allylic oxidation sites excluding steroid dienone is 1. The first-order chi connectivity index (χ1) is 9.33. The van der Waals surface area contributed by atoms with E-state index in [1.165, 1.54) is 69.3 Å². The van der Waals surface area contributed by atoms with Gasteiger partial charge in [-0.1, -0.05) is 25.3 Å². The molecule has 0 aromatic rings. The molecule has 0 spiro atoms. The molecular weight excluding hydrogens is 268 g/mol. The highest BCUT2D eigenvalue weighted by Crippen LogP contribution is 2.45. The van der Waals surface area contributed by atoms with E-state index in [1.54, 1.807) is 4.24 Å². The van der Waals surface area contributed by atoms with Crippen molar-refractivity contribution in [3.63, 3.8) is 0 Å². The lowest BCUT2D eigenvalue weighted by atomic mass is 9.71. The third-order valence-electron chi connectivity index (χ3n) is 5.40. The van der Waals surface area contributed by atoms with Gasteiger partial charge in [0.15, 0.2) is 0 Å². The monoisotopic (exact) mass is 296 g/mol. The van der Waals surface area contributed by atoms with Crippen molar-refractivity contribution in [2.45, 2.75) is 64.7 Å². The fourth-order valence-corrected chi connectivity index (χ4v) is 6.84. The van der Waals surface area contributed by atoms with E-state index in [9.17, 15) is 0 Å².